The van der Waals surface area contributed by atoms with Crippen molar-refractivity contribution in [3.05, 3.63) is 42.0 Å². The molecule has 0 aliphatic carbocycles. The molecule has 1 atom stereocenters. The second-order valence-electron chi connectivity index (χ2n) is 4.96. The fourth-order valence-electron chi connectivity index (χ4n) is 1.76. The van der Waals surface area contributed by atoms with Crippen LogP contribution in [0.2, 0.25) is 0 Å². The molecule has 0 bridgehead atoms. The van der Waals surface area contributed by atoms with Crippen LogP contribution >= 0.6 is 0 Å². The molecule has 90 valence electrons. The van der Waals surface area contributed by atoms with Crippen LogP contribution in [-0.2, 0) is 9.53 Å². The summed E-state index contributed by atoms with van der Waals surface area (Å²) in [5.41, 5.74) is 2.46. The molecule has 0 saturated carbocycles. The molecule has 1 aliphatic heterocycles. The van der Waals surface area contributed by atoms with Crippen LogP contribution in [0.1, 0.15) is 38.1 Å². The van der Waals surface area contributed by atoms with Gasteiger partial charge in [-0.2, -0.15) is 0 Å². The third-order valence-electron chi connectivity index (χ3n) is 2.93. The molecular weight excluding hydrogens is 214 g/mol. The van der Waals surface area contributed by atoms with Crippen LogP contribution in [0.3, 0.4) is 0 Å². The molecule has 2 rings (SSSR count). The first-order chi connectivity index (χ1) is 7.90. The van der Waals surface area contributed by atoms with E-state index in [4.69, 9.17) is 4.74 Å². The Morgan fingerprint density at radius 1 is 1.35 bits per heavy atom. The Kier molecular flexibility index (Phi) is 2.79. The van der Waals surface area contributed by atoms with Gasteiger partial charge in [0.05, 0.1) is 0 Å². The van der Waals surface area contributed by atoms with Crippen molar-refractivity contribution in [1.29, 1.82) is 0 Å². The van der Waals surface area contributed by atoms with Gasteiger partial charge >= 0.3 is 5.97 Å². The van der Waals surface area contributed by atoms with E-state index in [-0.39, 0.29) is 12.2 Å². The molecule has 1 aromatic rings. The highest BCUT2D eigenvalue weighted by Gasteiger charge is 2.41. The monoisotopic (exact) mass is 231 g/mol. The molecule has 17 heavy (non-hydrogen) atoms. The summed E-state index contributed by atoms with van der Waals surface area (Å²) in [7, 11) is 0. The van der Waals surface area contributed by atoms with Gasteiger partial charge in [0.15, 0.2) is 6.23 Å². The Bertz CT molecular complexity index is 460. The van der Waals surface area contributed by atoms with Gasteiger partial charge in [0.25, 0.3) is 0 Å². The number of carbonyl (C=O) groups is 1. The zero-order valence-corrected chi connectivity index (χ0v) is 10.4. The van der Waals surface area contributed by atoms with Crippen LogP contribution in [0.25, 0.3) is 5.57 Å². The van der Waals surface area contributed by atoms with Crippen molar-refractivity contribution in [2.75, 3.05) is 0 Å². The molecule has 3 nitrogen and oxygen atoms in total. The lowest BCUT2D eigenvalue weighted by Gasteiger charge is -2.14. The maximum absolute atomic E-state index is 11.6. The van der Waals surface area contributed by atoms with Gasteiger partial charge in [0.1, 0.15) is 5.54 Å². The van der Waals surface area contributed by atoms with Crippen molar-refractivity contribution in [3.8, 4) is 0 Å². The molecule has 0 spiro atoms. The number of benzene rings is 1. The molecule has 3 heteroatoms. The lowest BCUT2D eigenvalue weighted by atomic mass is 10.0. The summed E-state index contributed by atoms with van der Waals surface area (Å²) in [4.78, 5) is 11.6. The van der Waals surface area contributed by atoms with E-state index in [9.17, 15) is 4.79 Å². The smallest absolute Gasteiger partial charge is 0.327 e. The van der Waals surface area contributed by atoms with Crippen LogP contribution < -0.4 is 5.32 Å². The quantitative estimate of drug-likeness (QED) is 0.795. The lowest BCUT2D eigenvalue weighted by molar-refractivity contribution is -0.144. The van der Waals surface area contributed by atoms with Crippen molar-refractivity contribution in [2.24, 2.45) is 0 Å². The van der Waals surface area contributed by atoms with Crippen molar-refractivity contribution in [3.63, 3.8) is 0 Å². The average molecular weight is 231 g/mol. The average Bonchev–Trinajstić information content (AvgIpc) is 2.54. The third kappa shape index (κ3) is 2.24. The number of hydrogen-bond donors (Lipinski definition) is 1. The Labute approximate surface area is 101 Å². The van der Waals surface area contributed by atoms with E-state index in [1.165, 1.54) is 0 Å². The van der Waals surface area contributed by atoms with E-state index >= 15 is 0 Å². The van der Waals surface area contributed by atoms with Gasteiger partial charge in [-0.15, -0.1) is 0 Å². The fraction of sp³-hybridized carbons (Fsp3) is 0.357. The van der Waals surface area contributed by atoms with Gasteiger partial charge < -0.3 is 4.74 Å². The second kappa shape index (κ2) is 4.00. The molecule has 1 N–H and O–H groups in total. The van der Waals surface area contributed by atoms with Crippen molar-refractivity contribution < 1.29 is 9.53 Å². The lowest BCUT2D eigenvalue weighted by Crippen LogP contribution is -2.39. The molecule has 0 aromatic heterocycles. The van der Waals surface area contributed by atoms with Gasteiger partial charge in [0.2, 0.25) is 0 Å². The summed E-state index contributed by atoms with van der Waals surface area (Å²) in [6, 6.07) is 7.88. The fourth-order valence-corrected chi connectivity index (χ4v) is 1.76. The first-order valence-corrected chi connectivity index (χ1v) is 5.65. The van der Waals surface area contributed by atoms with Crippen molar-refractivity contribution in [2.45, 2.75) is 32.5 Å². The molecule has 1 unspecified atom stereocenters. The van der Waals surface area contributed by atoms with Gasteiger partial charge in [-0.25, -0.2) is 0 Å². The Balaban J connectivity index is 2.20. The van der Waals surface area contributed by atoms with Crippen LogP contribution in [0, 0.1) is 0 Å². The first-order valence-electron chi connectivity index (χ1n) is 5.65. The van der Waals surface area contributed by atoms with Crippen LogP contribution in [0.4, 0.5) is 0 Å². The highest BCUT2D eigenvalue weighted by Crippen LogP contribution is 2.27. The van der Waals surface area contributed by atoms with E-state index < -0.39 is 5.54 Å². The van der Waals surface area contributed by atoms with E-state index in [1.54, 1.807) is 0 Å². The molecule has 1 saturated heterocycles. The Morgan fingerprint density at radius 2 is 1.94 bits per heavy atom. The van der Waals surface area contributed by atoms with Gasteiger partial charge in [0, 0.05) is 5.56 Å². The van der Waals surface area contributed by atoms with Crippen LogP contribution in [0.15, 0.2) is 30.8 Å². The van der Waals surface area contributed by atoms with Crippen LogP contribution in [0.5, 0.6) is 0 Å². The summed E-state index contributed by atoms with van der Waals surface area (Å²) in [6.45, 7) is 9.49. The number of nitrogens with one attached hydrogen (secondary N) is 1. The number of rotatable bonds is 2. The maximum Gasteiger partial charge on any atom is 0.327 e. The largest absolute Gasteiger partial charge is 0.441 e. The normalized spacial score (nSPS) is 22.3. The number of carbonyl (C=O) groups excluding carboxylic acids is 1. The van der Waals surface area contributed by atoms with Crippen molar-refractivity contribution >= 4 is 11.5 Å². The summed E-state index contributed by atoms with van der Waals surface area (Å²) < 4.78 is 5.29. The minimum atomic E-state index is -0.613. The topological polar surface area (TPSA) is 38.3 Å². The summed E-state index contributed by atoms with van der Waals surface area (Å²) in [5.74, 6) is -0.216. The van der Waals surface area contributed by atoms with E-state index in [0.717, 1.165) is 16.7 Å². The third-order valence-corrected chi connectivity index (χ3v) is 2.93. The maximum atomic E-state index is 11.6. The Morgan fingerprint density at radius 3 is 2.35 bits per heavy atom. The number of allylic oxidation sites excluding steroid dienone is 1. The van der Waals surface area contributed by atoms with E-state index in [2.05, 4.69) is 11.9 Å². The second-order valence-corrected chi connectivity index (χ2v) is 4.96. The molecule has 1 fully saturated rings. The summed E-state index contributed by atoms with van der Waals surface area (Å²) >= 11 is 0. The molecule has 0 amide bonds. The molecule has 1 aliphatic rings. The Hall–Kier alpha value is -1.61. The van der Waals surface area contributed by atoms with E-state index in [1.807, 2.05) is 45.0 Å². The number of ether oxygens (including phenoxy) is 1. The van der Waals surface area contributed by atoms with E-state index in [0.29, 0.717) is 0 Å². The van der Waals surface area contributed by atoms with Crippen molar-refractivity contribution in [1.82, 2.24) is 5.32 Å². The first kappa shape index (κ1) is 11.9. The minimum Gasteiger partial charge on any atom is -0.441 e. The number of hydrogen-bond acceptors (Lipinski definition) is 3. The minimum absolute atomic E-state index is 0.216. The predicted octanol–water partition coefficient (Wildman–Crippen LogP) is 2.64. The molecule has 1 aromatic carbocycles. The molecule has 0 radical (unpaired) electrons. The summed E-state index contributed by atoms with van der Waals surface area (Å²) in [6.07, 6.45) is -0.350. The van der Waals surface area contributed by atoms with Gasteiger partial charge in [-0.3, -0.25) is 10.1 Å². The predicted molar refractivity (Wildman–Crippen MR) is 67.2 cm³/mol. The highest BCUT2D eigenvalue weighted by molar-refractivity contribution is 5.82. The van der Waals surface area contributed by atoms with Crippen LogP contribution in [-0.4, -0.2) is 11.5 Å². The zero-order chi connectivity index (χ0) is 12.6. The molecular formula is C14H17NO2. The standard InChI is InChI=1S/C14H17NO2/c1-9(2)10-5-7-11(8-6-10)12-15-14(3,4)13(16)17-12/h5-8,12,15H,1H2,2-4H3. The SMILES string of the molecule is C=C(C)c1ccc(C2NC(C)(C)C(=O)O2)cc1. The zero-order valence-electron chi connectivity index (χ0n) is 10.4. The highest BCUT2D eigenvalue weighted by atomic mass is 16.6. The van der Waals surface area contributed by atoms with Gasteiger partial charge in [-0.05, 0) is 26.3 Å². The molecule has 1 heterocycles. The number of esters is 1. The van der Waals surface area contributed by atoms with Gasteiger partial charge in [-0.1, -0.05) is 36.4 Å². The summed E-state index contributed by atoms with van der Waals surface area (Å²) in [5, 5.41) is 3.15. The number of cyclic esters (lactones) is 1.